The topological polar surface area (TPSA) is 58.4 Å². The molecule has 0 saturated heterocycles. The van der Waals surface area contributed by atoms with Gasteiger partial charge in [-0.05, 0) is 57.0 Å². The van der Waals surface area contributed by atoms with Crippen LogP contribution in [0.4, 0.5) is 0 Å². The first-order valence-corrected chi connectivity index (χ1v) is 7.81. The third-order valence-corrected chi connectivity index (χ3v) is 4.91. The van der Waals surface area contributed by atoms with E-state index in [-0.39, 0.29) is 11.9 Å². The van der Waals surface area contributed by atoms with Crippen molar-refractivity contribution in [2.75, 3.05) is 26.7 Å². The molecule has 4 nitrogen and oxygen atoms in total. The maximum absolute atomic E-state index is 11.4. The standard InChI is InChI=1S/C15H29N3O/c1-3-6-17-14(15(16)19)10-18(2)9-13-8-11-4-5-12(13)7-11/h11-14,17H,3-10H2,1-2H3,(H2,16,19). The number of fused-ring (bicyclic) bond motifs is 2. The van der Waals surface area contributed by atoms with Gasteiger partial charge in [0.05, 0.1) is 6.04 Å². The summed E-state index contributed by atoms with van der Waals surface area (Å²) in [7, 11) is 2.12. The minimum absolute atomic E-state index is 0.205. The van der Waals surface area contributed by atoms with E-state index in [9.17, 15) is 4.79 Å². The zero-order chi connectivity index (χ0) is 13.8. The van der Waals surface area contributed by atoms with Crippen molar-refractivity contribution in [3.05, 3.63) is 0 Å². The van der Waals surface area contributed by atoms with Crippen LogP contribution in [-0.2, 0) is 4.79 Å². The van der Waals surface area contributed by atoms with E-state index in [2.05, 4.69) is 24.2 Å². The number of primary amides is 1. The van der Waals surface area contributed by atoms with Crippen molar-refractivity contribution in [2.24, 2.45) is 23.5 Å². The molecule has 0 aromatic rings. The van der Waals surface area contributed by atoms with Crippen LogP contribution in [-0.4, -0.2) is 43.5 Å². The van der Waals surface area contributed by atoms with E-state index in [1.54, 1.807) is 0 Å². The zero-order valence-corrected chi connectivity index (χ0v) is 12.4. The number of hydrogen-bond acceptors (Lipinski definition) is 3. The number of carbonyl (C=O) groups excluding carboxylic acids is 1. The third-order valence-electron chi connectivity index (χ3n) is 4.91. The zero-order valence-electron chi connectivity index (χ0n) is 12.4. The lowest BCUT2D eigenvalue weighted by Gasteiger charge is -2.29. The largest absolute Gasteiger partial charge is 0.368 e. The highest BCUT2D eigenvalue weighted by Gasteiger charge is 2.39. The van der Waals surface area contributed by atoms with Crippen molar-refractivity contribution in [2.45, 2.75) is 45.1 Å². The van der Waals surface area contributed by atoms with E-state index in [1.165, 1.54) is 25.7 Å². The Morgan fingerprint density at radius 3 is 2.74 bits per heavy atom. The van der Waals surface area contributed by atoms with Gasteiger partial charge >= 0.3 is 0 Å². The second-order valence-electron chi connectivity index (χ2n) is 6.57. The Balaban J connectivity index is 1.75. The van der Waals surface area contributed by atoms with Crippen LogP contribution in [0.15, 0.2) is 0 Å². The highest BCUT2D eigenvalue weighted by molar-refractivity contribution is 5.80. The van der Waals surface area contributed by atoms with Gasteiger partial charge in [0, 0.05) is 13.1 Å². The summed E-state index contributed by atoms with van der Waals surface area (Å²) < 4.78 is 0. The van der Waals surface area contributed by atoms with E-state index in [0.29, 0.717) is 0 Å². The number of amides is 1. The minimum Gasteiger partial charge on any atom is -0.368 e. The molecule has 2 aliphatic rings. The van der Waals surface area contributed by atoms with Crippen molar-refractivity contribution >= 4 is 5.91 Å². The van der Waals surface area contributed by atoms with E-state index in [0.717, 1.165) is 43.8 Å². The summed E-state index contributed by atoms with van der Waals surface area (Å²) in [5, 5.41) is 3.24. The van der Waals surface area contributed by atoms with Crippen molar-refractivity contribution in [3.63, 3.8) is 0 Å². The lowest BCUT2D eigenvalue weighted by atomic mass is 9.88. The maximum Gasteiger partial charge on any atom is 0.235 e. The lowest BCUT2D eigenvalue weighted by molar-refractivity contribution is -0.120. The molecule has 4 atom stereocenters. The van der Waals surface area contributed by atoms with Gasteiger partial charge in [0.15, 0.2) is 0 Å². The molecule has 2 aliphatic carbocycles. The Kier molecular flexibility index (Phi) is 5.22. The fourth-order valence-electron chi connectivity index (χ4n) is 3.96. The van der Waals surface area contributed by atoms with Crippen LogP contribution in [0, 0.1) is 17.8 Å². The summed E-state index contributed by atoms with van der Waals surface area (Å²) in [6.45, 7) is 4.82. The first-order chi connectivity index (χ1) is 9.10. The fourth-order valence-corrected chi connectivity index (χ4v) is 3.96. The first kappa shape index (κ1) is 14.8. The number of hydrogen-bond donors (Lipinski definition) is 2. The SMILES string of the molecule is CCCNC(CN(C)CC1CC2CCC1C2)C(N)=O. The molecule has 0 radical (unpaired) electrons. The molecule has 1 amide bonds. The van der Waals surface area contributed by atoms with E-state index < -0.39 is 0 Å². The van der Waals surface area contributed by atoms with Gasteiger partial charge in [-0.3, -0.25) is 4.79 Å². The molecule has 4 heteroatoms. The molecule has 19 heavy (non-hydrogen) atoms. The van der Waals surface area contributed by atoms with Crippen LogP contribution in [0.3, 0.4) is 0 Å². The van der Waals surface area contributed by atoms with Crippen LogP contribution in [0.1, 0.15) is 39.0 Å². The molecule has 0 heterocycles. The molecule has 4 unspecified atom stereocenters. The van der Waals surface area contributed by atoms with Crippen LogP contribution in [0.25, 0.3) is 0 Å². The molecular weight excluding hydrogens is 238 g/mol. The molecule has 3 N–H and O–H groups in total. The van der Waals surface area contributed by atoms with Crippen molar-refractivity contribution in [1.29, 1.82) is 0 Å². The average molecular weight is 267 g/mol. The Labute approximate surface area is 117 Å². The Hall–Kier alpha value is -0.610. The molecule has 0 spiro atoms. The minimum atomic E-state index is -0.228. The number of rotatable bonds is 8. The fraction of sp³-hybridized carbons (Fsp3) is 0.933. The quantitative estimate of drug-likeness (QED) is 0.695. The third kappa shape index (κ3) is 3.93. The van der Waals surface area contributed by atoms with Gasteiger partial charge in [0.1, 0.15) is 0 Å². The molecule has 2 fully saturated rings. The van der Waals surface area contributed by atoms with Crippen LogP contribution >= 0.6 is 0 Å². The first-order valence-electron chi connectivity index (χ1n) is 7.81. The maximum atomic E-state index is 11.4. The lowest BCUT2D eigenvalue weighted by Crippen LogP contribution is -2.49. The Morgan fingerprint density at radius 1 is 1.42 bits per heavy atom. The van der Waals surface area contributed by atoms with Crippen LogP contribution in [0.2, 0.25) is 0 Å². The van der Waals surface area contributed by atoms with Crippen LogP contribution < -0.4 is 11.1 Å². The van der Waals surface area contributed by atoms with Crippen molar-refractivity contribution in [3.8, 4) is 0 Å². The highest BCUT2D eigenvalue weighted by Crippen LogP contribution is 2.48. The second kappa shape index (κ2) is 6.71. The molecule has 0 aromatic carbocycles. The Bertz CT molecular complexity index is 308. The highest BCUT2D eigenvalue weighted by atomic mass is 16.1. The summed E-state index contributed by atoms with van der Waals surface area (Å²) >= 11 is 0. The molecule has 2 rings (SSSR count). The van der Waals surface area contributed by atoms with E-state index in [1.807, 2.05) is 0 Å². The molecule has 2 bridgehead atoms. The van der Waals surface area contributed by atoms with E-state index >= 15 is 0 Å². The number of nitrogens with one attached hydrogen (secondary N) is 1. The number of nitrogens with two attached hydrogens (primary N) is 1. The molecule has 110 valence electrons. The van der Waals surface area contributed by atoms with E-state index in [4.69, 9.17) is 5.73 Å². The van der Waals surface area contributed by atoms with Gasteiger partial charge < -0.3 is 16.0 Å². The predicted octanol–water partition coefficient (Wildman–Crippen LogP) is 1.21. The van der Waals surface area contributed by atoms with Gasteiger partial charge in [0.2, 0.25) is 5.91 Å². The molecule has 0 aliphatic heterocycles. The normalized spacial score (nSPS) is 31.0. The van der Waals surface area contributed by atoms with Gasteiger partial charge in [0.25, 0.3) is 0 Å². The molecular formula is C15H29N3O. The number of carbonyl (C=O) groups is 1. The summed E-state index contributed by atoms with van der Waals surface area (Å²) in [4.78, 5) is 13.7. The Morgan fingerprint density at radius 2 is 2.21 bits per heavy atom. The average Bonchev–Trinajstić information content (AvgIpc) is 2.96. The number of likely N-dealkylation sites (N-methyl/N-ethyl adjacent to an activating group) is 1. The number of nitrogens with zero attached hydrogens (tertiary/aromatic N) is 1. The predicted molar refractivity (Wildman–Crippen MR) is 77.7 cm³/mol. The smallest absolute Gasteiger partial charge is 0.235 e. The van der Waals surface area contributed by atoms with Gasteiger partial charge in [-0.1, -0.05) is 13.3 Å². The van der Waals surface area contributed by atoms with Crippen LogP contribution in [0.5, 0.6) is 0 Å². The van der Waals surface area contributed by atoms with Gasteiger partial charge in [-0.2, -0.15) is 0 Å². The van der Waals surface area contributed by atoms with Gasteiger partial charge in [-0.25, -0.2) is 0 Å². The van der Waals surface area contributed by atoms with Crippen molar-refractivity contribution in [1.82, 2.24) is 10.2 Å². The van der Waals surface area contributed by atoms with Crippen molar-refractivity contribution < 1.29 is 4.79 Å². The molecule has 2 saturated carbocycles. The second-order valence-corrected chi connectivity index (χ2v) is 6.57. The monoisotopic (exact) mass is 267 g/mol. The summed E-state index contributed by atoms with van der Waals surface area (Å²) in [6, 6.07) is -0.205. The summed E-state index contributed by atoms with van der Waals surface area (Å²) in [5.41, 5.74) is 5.47. The summed E-state index contributed by atoms with van der Waals surface area (Å²) in [6.07, 6.45) is 6.76. The van der Waals surface area contributed by atoms with Gasteiger partial charge in [-0.15, -0.1) is 0 Å². The summed E-state index contributed by atoms with van der Waals surface area (Å²) in [5.74, 6) is 2.56. The molecule has 0 aromatic heterocycles.